The van der Waals surface area contributed by atoms with Gasteiger partial charge in [-0.05, 0) is 17.7 Å². The predicted octanol–water partition coefficient (Wildman–Crippen LogP) is 1.30. The molecular weight excluding hydrogens is 420 g/mol. The number of amides is 2. The lowest BCUT2D eigenvalue weighted by Crippen LogP contribution is -2.45. The lowest BCUT2D eigenvalue weighted by Gasteiger charge is -2.33. The Morgan fingerprint density at radius 2 is 1.45 bits per heavy atom. The molecule has 0 bridgehead atoms. The van der Waals surface area contributed by atoms with Gasteiger partial charge in [-0.2, -0.15) is 0 Å². The van der Waals surface area contributed by atoms with Crippen molar-refractivity contribution in [1.82, 2.24) is 9.80 Å². The highest BCUT2D eigenvalue weighted by molar-refractivity contribution is 7.91. The van der Waals surface area contributed by atoms with Crippen molar-refractivity contribution < 1.29 is 27.5 Å². The number of rotatable bonds is 6. The largest absolute Gasteiger partial charge is 0.462 e. The summed E-state index contributed by atoms with van der Waals surface area (Å²) < 4.78 is 29.0. The van der Waals surface area contributed by atoms with E-state index in [1.807, 2.05) is 6.07 Å². The zero-order valence-corrected chi connectivity index (χ0v) is 17.6. The van der Waals surface area contributed by atoms with Gasteiger partial charge in [0.05, 0.1) is 29.2 Å². The number of hydrogen-bond acceptors (Lipinski definition) is 7. The molecule has 0 aliphatic carbocycles. The molecule has 1 saturated heterocycles. The Bertz CT molecular complexity index is 1070. The van der Waals surface area contributed by atoms with Gasteiger partial charge >= 0.3 is 5.97 Å². The molecule has 1 unspecified atom stereocenters. The highest BCUT2D eigenvalue weighted by Crippen LogP contribution is 2.25. The van der Waals surface area contributed by atoms with E-state index in [4.69, 9.17) is 4.74 Å². The number of imide groups is 1. The highest BCUT2D eigenvalue weighted by Gasteiger charge is 2.36. The smallest absolute Gasteiger partial charge is 0.328 e. The lowest BCUT2D eigenvalue weighted by molar-refractivity contribution is -0.150. The van der Waals surface area contributed by atoms with Crippen molar-refractivity contribution in [2.75, 3.05) is 37.7 Å². The van der Waals surface area contributed by atoms with Crippen LogP contribution < -0.4 is 0 Å². The number of esters is 1. The van der Waals surface area contributed by atoms with Crippen molar-refractivity contribution in [3.8, 4) is 0 Å². The first-order chi connectivity index (χ1) is 14.9. The van der Waals surface area contributed by atoms with E-state index in [0.29, 0.717) is 16.7 Å². The SMILES string of the molecule is O=C(OCCN1C(=O)c2ccccc2C1=O)C(c1ccccc1)N1CCS(=O)(=O)CC1. The second kappa shape index (κ2) is 8.60. The van der Waals surface area contributed by atoms with Crippen molar-refractivity contribution in [3.05, 3.63) is 71.3 Å². The average molecular weight is 442 g/mol. The quantitative estimate of drug-likeness (QED) is 0.491. The van der Waals surface area contributed by atoms with Crippen LogP contribution in [0.4, 0.5) is 0 Å². The van der Waals surface area contributed by atoms with E-state index in [9.17, 15) is 22.8 Å². The maximum absolute atomic E-state index is 13.0. The van der Waals surface area contributed by atoms with Gasteiger partial charge < -0.3 is 4.74 Å². The first kappa shape index (κ1) is 21.2. The zero-order valence-electron chi connectivity index (χ0n) is 16.8. The van der Waals surface area contributed by atoms with Crippen LogP contribution >= 0.6 is 0 Å². The van der Waals surface area contributed by atoms with Gasteiger partial charge in [0.15, 0.2) is 9.84 Å². The number of ether oxygens (including phenoxy) is 1. The third kappa shape index (κ3) is 4.38. The van der Waals surface area contributed by atoms with Gasteiger partial charge in [-0.15, -0.1) is 0 Å². The van der Waals surface area contributed by atoms with E-state index in [-0.39, 0.29) is 37.7 Å². The standard InChI is InChI=1S/C22H22N2O6S/c25-20-17-8-4-5-9-18(17)21(26)24(20)10-13-30-22(27)19(16-6-2-1-3-7-16)23-11-14-31(28,29)15-12-23/h1-9,19H,10-15H2. The fourth-order valence-electron chi connectivity index (χ4n) is 3.87. The van der Waals surface area contributed by atoms with Gasteiger partial charge in [-0.1, -0.05) is 42.5 Å². The summed E-state index contributed by atoms with van der Waals surface area (Å²) in [6, 6.07) is 14.8. The molecule has 1 atom stereocenters. The van der Waals surface area contributed by atoms with Crippen molar-refractivity contribution >= 4 is 27.6 Å². The Labute approximate surface area is 180 Å². The molecule has 8 nitrogen and oxygen atoms in total. The molecule has 0 spiro atoms. The zero-order chi connectivity index (χ0) is 22.0. The first-order valence-corrected chi connectivity index (χ1v) is 11.8. The number of sulfone groups is 1. The molecule has 0 saturated carbocycles. The molecule has 2 aromatic rings. The van der Waals surface area contributed by atoms with Crippen molar-refractivity contribution in [1.29, 1.82) is 0 Å². The van der Waals surface area contributed by atoms with E-state index in [0.717, 1.165) is 4.90 Å². The van der Waals surface area contributed by atoms with Crippen LogP contribution in [0.2, 0.25) is 0 Å². The van der Waals surface area contributed by atoms with Gasteiger partial charge in [0.2, 0.25) is 0 Å². The van der Waals surface area contributed by atoms with Crippen LogP contribution in [0.3, 0.4) is 0 Å². The van der Waals surface area contributed by atoms with E-state index in [2.05, 4.69) is 0 Å². The summed E-state index contributed by atoms with van der Waals surface area (Å²) >= 11 is 0. The Hall–Kier alpha value is -3.04. The molecule has 4 rings (SSSR count). The number of hydrogen-bond donors (Lipinski definition) is 0. The van der Waals surface area contributed by atoms with E-state index in [1.54, 1.807) is 53.4 Å². The third-order valence-corrected chi connectivity index (χ3v) is 7.13. The summed E-state index contributed by atoms with van der Waals surface area (Å²) in [4.78, 5) is 40.7. The Kier molecular flexibility index (Phi) is 5.88. The Morgan fingerprint density at radius 1 is 0.903 bits per heavy atom. The van der Waals surface area contributed by atoms with Crippen molar-refractivity contribution in [2.45, 2.75) is 6.04 Å². The summed E-state index contributed by atoms with van der Waals surface area (Å²) in [7, 11) is -3.10. The molecule has 162 valence electrons. The molecule has 2 amide bonds. The fourth-order valence-corrected chi connectivity index (χ4v) is 5.10. The lowest BCUT2D eigenvalue weighted by atomic mass is 10.1. The van der Waals surface area contributed by atoms with Gasteiger partial charge in [0, 0.05) is 13.1 Å². The average Bonchev–Trinajstić information content (AvgIpc) is 3.01. The predicted molar refractivity (Wildman–Crippen MR) is 112 cm³/mol. The van der Waals surface area contributed by atoms with Gasteiger partial charge in [-0.25, -0.2) is 13.2 Å². The Morgan fingerprint density at radius 3 is 2.03 bits per heavy atom. The monoisotopic (exact) mass is 442 g/mol. The number of carbonyl (C=O) groups excluding carboxylic acids is 3. The molecule has 0 N–H and O–H groups in total. The van der Waals surface area contributed by atoms with Crippen molar-refractivity contribution in [3.63, 3.8) is 0 Å². The topological polar surface area (TPSA) is 101 Å². The Balaban J connectivity index is 1.43. The minimum absolute atomic E-state index is 0.0152. The molecule has 0 radical (unpaired) electrons. The van der Waals surface area contributed by atoms with Gasteiger partial charge in [0.25, 0.3) is 11.8 Å². The summed E-state index contributed by atoms with van der Waals surface area (Å²) in [5.74, 6) is -1.38. The number of benzene rings is 2. The van der Waals surface area contributed by atoms with Crippen LogP contribution in [0, 0.1) is 0 Å². The highest BCUT2D eigenvalue weighted by atomic mass is 32.2. The van der Waals surface area contributed by atoms with Gasteiger partial charge in [-0.3, -0.25) is 19.4 Å². The van der Waals surface area contributed by atoms with Crippen LogP contribution in [-0.4, -0.2) is 73.7 Å². The van der Waals surface area contributed by atoms with E-state index < -0.39 is 33.7 Å². The molecular formula is C22H22N2O6S. The summed E-state index contributed by atoms with van der Waals surface area (Å²) in [5, 5.41) is 0. The van der Waals surface area contributed by atoms with Crippen LogP contribution in [0.25, 0.3) is 0 Å². The maximum Gasteiger partial charge on any atom is 0.328 e. The molecule has 2 aliphatic heterocycles. The van der Waals surface area contributed by atoms with E-state index in [1.165, 1.54) is 0 Å². The fraction of sp³-hybridized carbons (Fsp3) is 0.318. The second-order valence-corrected chi connectivity index (χ2v) is 9.78. The number of carbonyl (C=O) groups is 3. The van der Waals surface area contributed by atoms with E-state index >= 15 is 0 Å². The van der Waals surface area contributed by atoms with Crippen LogP contribution in [-0.2, 0) is 19.4 Å². The van der Waals surface area contributed by atoms with Gasteiger partial charge in [0.1, 0.15) is 12.6 Å². The molecule has 31 heavy (non-hydrogen) atoms. The molecule has 0 aromatic heterocycles. The van der Waals surface area contributed by atoms with Crippen LogP contribution in [0.1, 0.15) is 32.3 Å². The number of fused-ring (bicyclic) bond motifs is 1. The molecule has 2 aromatic carbocycles. The maximum atomic E-state index is 13.0. The molecule has 9 heteroatoms. The first-order valence-electron chi connectivity index (χ1n) is 9.99. The normalized spacial score (nSPS) is 19.2. The molecule has 2 heterocycles. The minimum Gasteiger partial charge on any atom is -0.462 e. The van der Waals surface area contributed by atoms with Crippen LogP contribution in [0.15, 0.2) is 54.6 Å². The number of nitrogens with zero attached hydrogens (tertiary/aromatic N) is 2. The molecule has 2 aliphatic rings. The second-order valence-electron chi connectivity index (χ2n) is 7.48. The summed E-state index contributed by atoms with van der Waals surface area (Å²) in [6.07, 6.45) is 0. The minimum atomic E-state index is -3.10. The van der Waals surface area contributed by atoms with Crippen molar-refractivity contribution in [2.24, 2.45) is 0 Å². The summed E-state index contributed by atoms with van der Waals surface area (Å²) in [6.45, 7) is 0.276. The molecule has 1 fully saturated rings. The third-order valence-electron chi connectivity index (χ3n) is 5.52. The van der Waals surface area contributed by atoms with Crippen LogP contribution in [0.5, 0.6) is 0 Å². The summed E-state index contributed by atoms with van der Waals surface area (Å²) in [5.41, 5.74) is 1.39.